The number of anilines is 1. The highest BCUT2D eigenvalue weighted by Crippen LogP contribution is 2.40. The van der Waals surface area contributed by atoms with E-state index in [1.807, 2.05) is 50.2 Å². The Kier molecular flexibility index (Phi) is 8.86. The maximum Gasteiger partial charge on any atom is 0.295 e. The number of morpholine rings is 1. The molecule has 2 aromatic rings. The maximum absolute atomic E-state index is 13.4. The normalized spacial score (nSPS) is 19.6. The second-order valence-corrected chi connectivity index (χ2v) is 9.87. The largest absolute Gasteiger partial charge is 0.507 e. The lowest BCUT2D eigenvalue weighted by molar-refractivity contribution is -0.140. The molecule has 0 spiro atoms. The van der Waals surface area contributed by atoms with Gasteiger partial charge in [0.2, 0.25) is 0 Å². The SMILES string of the molecule is C=CCOc1ccc(C(O)=C2C(=O)C(=O)N(CCCN3CCOCC3)[C@H]2c2ccc(N(C)C)cc2)cc1C. The first-order valence-electron chi connectivity index (χ1n) is 13.0. The number of aliphatic hydroxyl groups excluding tert-OH is 1. The van der Waals surface area contributed by atoms with Crippen molar-refractivity contribution >= 4 is 23.1 Å². The zero-order valence-corrected chi connectivity index (χ0v) is 22.5. The lowest BCUT2D eigenvalue weighted by atomic mass is 9.94. The number of carbonyl (C=O) groups is 2. The number of rotatable bonds is 10. The number of hydrogen-bond acceptors (Lipinski definition) is 7. The van der Waals surface area contributed by atoms with Gasteiger partial charge in [-0.25, -0.2) is 0 Å². The third kappa shape index (κ3) is 5.92. The number of Topliss-reactive ketones (excluding diaryl/α,β-unsaturated/α-hetero) is 1. The van der Waals surface area contributed by atoms with Gasteiger partial charge in [-0.3, -0.25) is 14.5 Å². The number of benzene rings is 2. The molecule has 0 unspecified atom stereocenters. The van der Waals surface area contributed by atoms with Crippen molar-refractivity contribution in [3.8, 4) is 5.75 Å². The number of nitrogens with zero attached hydrogens (tertiary/aromatic N) is 3. The average Bonchev–Trinajstić information content (AvgIpc) is 3.17. The number of aryl methyl sites for hydroxylation is 1. The second-order valence-electron chi connectivity index (χ2n) is 9.87. The number of carbonyl (C=O) groups excluding carboxylic acids is 2. The van der Waals surface area contributed by atoms with E-state index in [1.54, 1.807) is 29.2 Å². The van der Waals surface area contributed by atoms with Crippen molar-refractivity contribution in [1.29, 1.82) is 0 Å². The van der Waals surface area contributed by atoms with Crippen molar-refractivity contribution < 1.29 is 24.2 Å². The van der Waals surface area contributed by atoms with Crippen LogP contribution < -0.4 is 9.64 Å². The Hall–Kier alpha value is -3.62. The molecule has 4 rings (SSSR count). The summed E-state index contributed by atoms with van der Waals surface area (Å²) in [6.07, 6.45) is 2.38. The summed E-state index contributed by atoms with van der Waals surface area (Å²) in [4.78, 5) is 32.6. The first kappa shape index (κ1) is 27.4. The van der Waals surface area contributed by atoms with Crippen LogP contribution in [0.25, 0.3) is 5.76 Å². The van der Waals surface area contributed by atoms with E-state index in [0.29, 0.717) is 44.1 Å². The molecule has 1 atom stereocenters. The predicted molar refractivity (Wildman–Crippen MR) is 149 cm³/mol. The molecule has 0 aromatic heterocycles. The summed E-state index contributed by atoms with van der Waals surface area (Å²) < 4.78 is 11.1. The van der Waals surface area contributed by atoms with Gasteiger partial charge in [0.15, 0.2) is 0 Å². The zero-order valence-electron chi connectivity index (χ0n) is 22.5. The first-order chi connectivity index (χ1) is 18.3. The van der Waals surface area contributed by atoms with E-state index in [9.17, 15) is 14.7 Å². The van der Waals surface area contributed by atoms with Gasteiger partial charge in [0.1, 0.15) is 18.1 Å². The number of ether oxygens (including phenoxy) is 2. The molecule has 38 heavy (non-hydrogen) atoms. The van der Waals surface area contributed by atoms with Crippen LogP contribution in [0.15, 0.2) is 60.7 Å². The fourth-order valence-electron chi connectivity index (χ4n) is 4.96. The summed E-state index contributed by atoms with van der Waals surface area (Å²) in [5, 5.41) is 11.4. The van der Waals surface area contributed by atoms with Crippen molar-refractivity contribution in [2.24, 2.45) is 0 Å². The monoisotopic (exact) mass is 519 g/mol. The molecule has 0 bridgehead atoms. The third-order valence-electron chi connectivity index (χ3n) is 7.05. The molecule has 8 heteroatoms. The molecule has 2 aromatic carbocycles. The topological polar surface area (TPSA) is 82.5 Å². The van der Waals surface area contributed by atoms with Crippen molar-refractivity contribution in [1.82, 2.24) is 9.80 Å². The molecule has 2 fully saturated rings. The molecule has 0 aliphatic carbocycles. The average molecular weight is 520 g/mol. The lowest BCUT2D eigenvalue weighted by Crippen LogP contribution is -2.38. The molecule has 0 radical (unpaired) electrons. The summed E-state index contributed by atoms with van der Waals surface area (Å²) in [7, 11) is 3.91. The minimum Gasteiger partial charge on any atom is -0.507 e. The fraction of sp³-hybridized carbons (Fsp3) is 0.400. The molecular formula is C30H37N3O5. The number of ketones is 1. The van der Waals surface area contributed by atoms with E-state index in [4.69, 9.17) is 9.47 Å². The molecule has 1 N–H and O–H groups in total. The van der Waals surface area contributed by atoms with Crippen LogP contribution in [0, 0.1) is 6.92 Å². The van der Waals surface area contributed by atoms with E-state index in [0.717, 1.165) is 36.4 Å². The zero-order chi connectivity index (χ0) is 27.2. The second kappa shape index (κ2) is 12.3. The van der Waals surface area contributed by atoms with Crippen LogP contribution in [0.1, 0.15) is 29.2 Å². The molecule has 2 aliphatic heterocycles. The van der Waals surface area contributed by atoms with Gasteiger partial charge in [0.05, 0.1) is 24.8 Å². The molecule has 1 amide bonds. The van der Waals surface area contributed by atoms with Crippen LogP contribution in [0.3, 0.4) is 0 Å². The van der Waals surface area contributed by atoms with E-state index in [1.165, 1.54) is 0 Å². The molecule has 2 saturated heterocycles. The summed E-state index contributed by atoms with van der Waals surface area (Å²) in [6.45, 7) is 10.3. The molecule has 2 heterocycles. The summed E-state index contributed by atoms with van der Waals surface area (Å²) in [5.41, 5.74) is 3.17. The van der Waals surface area contributed by atoms with Crippen LogP contribution in [0.2, 0.25) is 0 Å². The minimum absolute atomic E-state index is 0.109. The molecule has 2 aliphatic rings. The van der Waals surface area contributed by atoms with Gasteiger partial charge < -0.3 is 24.4 Å². The Balaban J connectivity index is 1.68. The van der Waals surface area contributed by atoms with Crippen molar-refractivity contribution in [2.45, 2.75) is 19.4 Å². The number of hydrogen-bond donors (Lipinski definition) is 1. The Morgan fingerprint density at radius 3 is 2.47 bits per heavy atom. The highest BCUT2D eigenvalue weighted by atomic mass is 16.5. The quantitative estimate of drug-likeness (QED) is 0.221. The van der Waals surface area contributed by atoms with Gasteiger partial charge in [-0.15, -0.1) is 0 Å². The Bertz CT molecular complexity index is 1200. The van der Waals surface area contributed by atoms with Crippen LogP contribution >= 0.6 is 0 Å². The number of amides is 1. The molecule has 0 saturated carbocycles. The van der Waals surface area contributed by atoms with Crippen LogP contribution in [-0.4, -0.2) is 86.7 Å². The van der Waals surface area contributed by atoms with Gasteiger partial charge >= 0.3 is 0 Å². The lowest BCUT2D eigenvalue weighted by Gasteiger charge is -2.29. The van der Waals surface area contributed by atoms with Crippen LogP contribution in [-0.2, 0) is 14.3 Å². The van der Waals surface area contributed by atoms with Crippen molar-refractivity contribution in [3.63, 3.8) is 0 Å². The van der Waals surface area contributed by atoms with E-state index >= 15 is 0 Å². The van der Waals surface area contributed by atoms with Crippen molar-refractivity contribution in [3.05, 3.63) is 77.4 Å². The summed E-state index contributed by atoms with van der Waals surface area (Å²) in [5.74, 6) is -0.766. The standard InChI is InChI=1S/C30H37N3O5/c1-5-17-38-25-12-9-23(20-21(25)2)28(34)26-27(22-7-10-24(11-8-22)31(3)4)33(30(36)29(26)35)14-6-13-32-15-18-37-19-16-32/h5,7-12,20,27,34H,1,6,13-19H2,2-4H3/t27-/m0/s1. The third-order valence-corrected chi connectivity index (χ3v) is 7.05. The van der Waals surface area contributed by atoms with Crippen LogP contribution in [0.5, 0.6) is 5.75 Å². The minimum atomic E-state index is -0.673. The van der Waals surface area contributed by atoms with Crippen LogP contribution in [0.4, 0.5) is 5.69 Å². The highest BCUT2D eigenvalue weighted by molar-refractivity contribution is 6.46. The smallest absolute Gasteiger partial charge is 0.295 e. The van der Waals surface area contributed by atoms with E-state index in [2.05, 4.69) is 11.5 Å². The maximum atomic E-state index is 13.4. The fourth-order valence-corrected chi connectivity index (χ4v) is 4.96. The van der Waals surface area contributed by atoms with Crippen molar-refractivity contribution in [2.75, 3.05) is 65.0 Å². The summed E-state index contributed by atoms with van der Waals surface area (Å²) >= 11 is 0. The van der Waals surface area contributed by atoms with E-state index in [-0.39, 0.29) is 11.3 Å². The van der Waals surface area contributed by atoms with Gasteiger partial charge in [-0.2, -0.15) is 0 Å². The number of likely N-dealkylation sites (tertiary alicyclic amines) is 1. The van der Waals surface area contributed by atoms with Gasteiger partial charge in [0, 0.05) is 51.5 Å². The molecular weight excluding hydrogens is 482 g/mol. The Labute approximate surface area is 224 Å². The Morgan fingerprint density at radius 2 is 1.84 bits per heavy atom. The molecule has 202 valence electrons. The van der Waals surface area contributed by atoms with E-state index < -0.39 is 17.7 Å². The summed E-state index contributed by atoms with van der Waals surface area (Å²) in [6, 6.07) is 12.3. The predicted octanol–water partition coefficient (Wildman–Crippen LogP) is 3.77. The van der Waals surface area contributed by atoms with Gasteiger partial charge in [0.25, 0.3) is 11.7 Å². The highest BCUT2D eigenvalue weighted by Gasteiger charge is 2.45. The van der Waals surface area contributed by atoms with Gasteiger partial charge in [-0.05, 0) is 54.8 Å². The first-order valence-corrected chi connectivity index (χ1v) is 13.0. The Morgan fingerprint density at radius 1 is 1.13 bits per heavy atom. The number of aliphatic hydroxyl groups is 1. The molecule has 8 nitrogen and oxygen atoms in total. The van der Waals surface area contributed by atoms with Gasteiger partial charge in [-0.1, -0.05) is 24.8 Å².